The van der Waals surface area contributed by atoms with Crippen molar-refractivity contribution in [3.63, 3.8) is 0 Å². The summed E-state index contributed by atoms with van der Waals surface area (Å²) in [6, 6.07) is 6.75. The highest BCUT2D eigenvalue weighted by atomic mass is 35.5. The highest BCUT2D eigenvalue weighted by molar-refractivity contribution is 6.30. The Morgan fingerprint density at radius 1 is 1.21 bits per heavy atom. The second-order valence-electron chi connectivity index (χ2n) is 3.76. The number of alkyl halides is 2. The van der Waals surface area contributed by atoms with Gasteiger partial charge in [0.15, 0.2) is 0 Å². The van der Waals surface area contributed by atoms with Gasteiger partial charge in [0.05, 0.1) is 0 Å². The first kappa shape index (κ1) is 9.91. The van der Waals surface area contributed by atoms with Gasteiger partial charge in [-0.05, 0) is 30.5 Å². The summed E-state index contributed by atoms with van der Waals surface area (Å²) in [6.45, 7) is 0. The molecule has 1 aliphatic carbocycles. The fraction of sp³-hybridized carbons (Fsp3) is 0.455. The van der Waals surface area contributed by atoms with Crippen LogP contribution in [0.25, 0.3) is 0 Å². The first-order chi connectivity index (χ1) is 6.59. The summed E-state index contributed by atoms with van der Waals surface area (Å²) < 4.78 is 26.7. The predicted octanol–water partition coefficient (Wildman–Crippen LogP) is 4.24. The first-order valence-corrected chi connectivity index (χ1v) is 5.11. The van der Waals surface area contributed by atoms with Crippen molar-refractivity contribution in [2.45, 2.75) is 31.1 Å². The zero-order chi connectivity index (χ0) is 10.2. The summed E-state index contributed by atoms with van der Waals surface area (Å²) in [5.41, 5.74) is 0.705. The van der Waals surface area contributed by atoms with Crippen LogP contribution in [0, 0.1) is 0 Å². The van der Waals surface area contributed by atoms with E-state index in [1.807, 2.05) is 0 Å². The SMILES string of the molecule is FC1(F)CCCC1c1ccc(Cl)cc1. The summed E-state index contributed by atoms with van der Waals surface area (Å²) >= 11 is 5.70. The molecule has 0 saturated heterocycles. The summed E-state index contributed by atoms with van der Waals surface area (Å²) in [5, 5.41) is 0.593. The largest absolute Gasteiger partial charge is 0.254 e. The van der Waals surface area contributed by atoms with Gasteiger partial charge in [-0.3, -0.25) is 0 Å². The van der Waals surface area contributed by atoms with Crippen molar-refractivity contribution in [1.29, 1.82) is 0 Å². The minimum atomic E-state index is -2.53. The molecule has 0 nitrogen and oxygen atoms in total. The Balaban J connectivity index is 2.27. The third kappa shape index (κ3) is 1.76. The van der Waals surface area contributed by atoms with Crippen LogP contribution in [0.3, 0.4) is 0 Å². The van der Waals surface area contributed by atoms with Crippen LogP contribution in [0.2, 0.25) is 5.02 Å². The molecule has 0 N–H and O–H groups in total. The van der Waals surface area contributed by atoms with E-state index in [1.165, 1.54) is 0 Å². The molecule has 0 radical (unpaired) electrons. The minimum absolute atomic E-state index is 0.0142. The molecule has 1 aromatic rings. The van der Waals surface area contributed by atoms with Gasteiger partial charge in [-0.2, -0.15) is 0 Å². The van der Waals surface area contributed by atoms with Crippen molar-refractivity contribution in [3.05, 3.63) is 34.9 Å². The van der Waals surface area contributed by atoms with E-state index in [2.05, 4.69) is 0 Å². The van der Waals surface area contributed by atoms with Gasteiger partial charge in [0.25, 0.3) is 5.92 Å². The van der Waals surface area contributed by atoms with Crippen LogP contribution in [-0.2, 0) is 0 Å². The lowest BCUT2D eigenvalue weighted by atomic mass is 9.95. The molecular weight excluding hydrogens is 206 g/mol. The summed E-state index contributed by atoms with van der Waals surface area (Å²) in [7, 11) is 0. The highest BCUT2D eigenvalue weighted by Gasteiger charge is 2.44. The molecular formula is C11H11ClF2. The summed E-state index contributed by atoms with van der Waals surface area (Å²) in [4.78, 5) is 0. The molecule has 0 amide bonds. The van der Waals surface area contributed by atoms with Gasteiger partial charge >= 0.3 is 0 Å². The van der Waals surface area contributed by atoms with E-state index in [0.717, 1.165) is 0 Å². The third-order valence-corrected chi connectivity index (χ3v) is 3.04. The quantitative estimate of drug-likeness (QED) is 0.659. The molecule has 2 rings (SSSR count). The van der Waals surface area contributed by atoms with E-state index in [1.54, 1.807) is 24.3 Å². The molecule has 1 unspecified atom stereocenters. The molecule has 14 heavy (non-hydrogen) atoms. The van der Waals surface area contributed by atoms with Gasteiger partial charge in [-0.1, -0.05) is 23.7 Å². The van der Waals surface area contributed by atoms with Crippen LogP contribution >= 0.6 is 11.6 Å². The van der Waals surface area contributed by atoms with Crippen LogP contribution in [0.4, 0.5) is 8.78 Å². The first-order valence-electron chi connectivity index (χ1n) is 4.73. The van der Waals surface area contributed by atoms with Crippen molar-refractivity contribution in [3.8, 4) is 0 Å². The van der Waals surface area contributed by atoms with Crippen LogP contribution < -0.4 is 0 Å². The zero-order valence-electron chi connectivity index (χ0n) is 7.64. The average molecular weight is 217 g/mol. The van der Waals surface area contributed by atoms with Crippen molar-refractivity contribution in [1.82, 2.24) is 0 Å². The Bertz CT molecular complexity index is 319. The Morgan fingerprint density at radius 2 is 1.86 bits per heavy atom. The normalized spacial score (nSPS) is 25.2. The van der Waals surface area contributed by atoms with Crippen LogP contribution in [0.5, 0.6) is 0 Å². The standard InChI is InChI=1S/C11H11ClF2/c12-9-5-3-8(4-6-9)10-2-1-7-11(10,13)14/h3-6,10H,1-2,7H2. The minimum Gasteiger partial charge on any atom is -0.206 e. The maximum atomic E-state index is 13.4. The van der Waals surface area contributed by atoms with E-state index in [4.69, 9.17) is 11.6 Å². The Labute approximate surface area is 86.9 Å². The van der Waals surface area contributed by atoms with Gasteiger partial charge in [0.1, 0.15) is 0 Å². The van der Waals surface area contributed by atoms with Crippen molar-refractivity contribution >= 4 is 11.6 Å². The van der Waals surface area contributed by atoms with E-state index in [9.17, 15) is 8.78 Å². The van der Waals surface area contributed by atoms with Crippen LogP contribution in [0.15, 0.2) is 24.3 Å². The van der Waals surface area contributed by atoms with Crippen LogP contribution in [-0.4, -0.2) is 5.92 Å². The maximum Gasteiger partial charge on any atom is 0.254 e. The Hall–Kier alpha value is -0.630. The third-order valence-electron chi connectivity index (χ3n) is 2.79. The fourth-order valence-corrected chi connectivity index (χ4v) is 2.16. The van der Waals surface area contributed by atoms with Gasteiger partial charge in [-0.25, -0.2) is 8.78 Å². The zero-order valence-corrected chi connectivity index (χ0v) is 8.40. The Morgan fingerprint density at radius 3 is 2.36 bits per heavy atom. The summed E-state index contributed by atoms with van der Waals surface area (Å²) in [5.74, 6) is -3.15. The molecule has 0 aromatic heterocycles. The van der Waals surface area contributed by atoms with E-state index < -0.39 is 11.8 Å². The molecule has 0 aliphatic heterocycles. The average Bonchev–Trinajstić information content (AvgIpc) is 2.47. The molecule has 0 spiro atoms. The van der Waals surface area contributed by atoms with E-state index in [-0.39, 0.29) is 6.42 Å². The smallest absolute Gasteiger partial charge is 0.206 e. The Kier molecular flexibility index (Phi) is 2.48. The highest BCUT2D eigenvalue weighted by Crippen LogP contribution is 2.46. The second kappa shape index (κ2) is 3.50. The molecule has 1 saturated carbocycles. The molecule has 1 fully saturated rings. The monoisotopic (exact) mass is 216 g/mol. The van der Waals surface area contributed by atoms with Crippen molar-refractivity contribution < 1.29 is 8.78 Å². The lowest BCUT2D eigenvalue weighted by Crippen LogP contribution is -2.19. The lowest BCUT2D eigenvalue weighted by Gasteiger charge is -2.19. The predicted molar refractivity (Wildman–Crippen MR) is 53.0 cm³/mol. The molecule has 0 bridgehead atoms. The fourth-order valence-electron chi connectivity index (χ4n) is 2.03. The number of benzene rings is 1. The van der Waals surface area contributed by atoms with Gasteiger partial charge in [-0.15, -0.1) is 0 Å². The number of halogens is 3. The van der Waals surface area contributed by atoms with Crippen LogP contribution in [0.1, 0.15) is 30.7 Å². The molecule has 0 heterocycles. The van der Waals surface area contributed by atoms with Gasteiger partial charge in [0, 0.05) is 17.4 Å². The maximum absolute atomic E-state index is 13.4. The molecule has 1 aromatic carbocycles. The molecule has 3 heteroatoms. The molecule has 1 aliphatic rings. The van der Waals surface area contributed by atoms with E-state index in [0.29, 0.717) is 23.4 Å². The van der Waals surface area contributed by atoms with Crippen molar-refractivity contribution in [2.24, 2.45) is 0 Å². The molecule has 1 atom stereocenters. The van der Waals surface area contributed by atoms with E-state index >= 15 is 0 Å². The number of hydrogen-bond acceptors (Lipinski definition) is 0. The number of rotatable bonds is 1. The topological polar surface area (TPSA) is 0 Å². The second-order valence-corrected chi connectivity index (χ2v) is 4.19. The van der Waals surface area contributed by atoms with Crippen molar-refractivity contribution in [2.75, 3.05) is 0 Å². The van der Waals surface area contributed by atoms with Gasteiger partial charge < -0.3 is 0 Å². The summed E-state index contributed by atoms with van der Waals surface area (Å²) in [6.07, 6.45) is 1.20. The lowest BCUT2D eigenvalue weighted by molar-refractivity contribution is -0.00895. The van der Waals surface area contributed by atoms with Gasteiger partial charge in [0.2, 0.25) is 0 Å². The molecule has 76 valence electrons. The number of hydrogen-bond donors (Lipinski definition) is 0.